The second-order valence-corrected chi connectivity index (χ2v) is 7.60. The number of carbonyl (C=O) groups is 2. The van der Waals surface area contributed by atoms with Crippen LogP contribution in [0.25, 0.3) is 10.9 Å². The third kappa shape index (κ3) is 2.99. The van der Waals surface area contributed by atoms with Gasteiger partial charge in [-0.05, 0) is 43.1 Å². The van der Waals surface area contributed by atoms with Crippen molar-refractivity contribution < 1.29 is 14.3 Å². The van der Waals surface area contributed by atoms with Crippen LogP contribution in [0.2, 0.25) is 0 Å². The lowest BCUT2D eigenvalue weighted by Crippen LogP contribution is -2.48. The van der Waals surface area contributed by atoms with Crippen LogP contribution < -0.4 is 10.2 Å². The number of fused-ring (bicyclic) bond motifs is 2. The summed E-state index contributed by atoms with van der Waals surface area (Å²) in [7, 11) is 1.80. The maximum Gasteiger partial charge on any atom is 0.323 e. The molecule has 0 spiro atoms. The minimum Gasteiger partial charge on any atom is -0.465 e. The summed E-state index contributed by atoms with van der Waals surface area (Å²) in [5.74, 6) is -0.376. The van der Waals surface area contributed by atoms with E-state index < -0.39 is 11.5 Å². The van der Waals surface area contributed by atoms with Crippen LogP contribution in [0.4, 0.5) is 5.69 Å². The highest BCUT2D eigenvalue weighted by molar-refractivity contribution is 6.12. The number of hydrogen-bond acceptors (Lipinski definition) is 4. The van der Waals surface area contributed by atoms with E-state index >= 15 is 0 Å². The van der Waals surface area contributed by atoms with Crippen LogP contribution in [0.15, 0.2) is 54.7 Å². The Morgan fingerprint density at radius 3 is 2.63 bits per heavy atom. The largest absolute Gasteiger partial charge is 0.465 e. The van der Waals surface area contributed by atoms with Gasteiger partial charge >= 0.3 is 5.97 Å². The van der Waals surface area contributed by atoms with E-state index in [0.29, 0.717) is 13.2 Å². The number of aromatic amines is 1. The molecule has 1 amide bonds. The van der Waals surface area contributed by atoms with Gasteiger partial charge in [0.05, 0.1) is 6.61 Å². The fraction of sp³-hybridized carbons (Fsp3) is 0.333. The molecule has 156 valence electrons. The van der Waals surface area contributed by atoms with Gasteiger partial charge in [-0.2, -0.15) is 0 Å². The Balaban J connectivity index is 1.95. The lowest BCUT2D eigenvalue weighted by Gasteiger charge is -2.32. The number of para-hydroxylation sites is 2. The molecule has 0 saturated heterocycles. The summed E-state index contributed by atoms with van der Waals surface area (Å²) in [4.78, 5) is 31.7. The Morgan fingerprint density at radius 1 is 1.13 bits per heavy atom. The molecule has 2 N–H and O–H groups in total. The number of nitrogens with zero attached hydrogens (tertiary/aromatic N) is 1. The zero-order valence-electron chi connectivity index (χ0n) is 17.6. The quantitative estimate of drug-likeness (QED) is 0.591. The molecule has 2 heterocycles. The number of likely N-dealkylation sites (N-methyl/N-ethyl adjacent to an activating group) is 2. The van der Waals surface area contributed by atoms with E-state index in [1.54, 1.807) is 18.9 Å². The first-order chi connectivity index (χ1) is 14.5. The molecule has 4 rings (SSSR count). The number of H-pyrrole nitrogens is 1. The summed E-state index contributed by atoms with van der Waals surface area (Å²) in [5, 5.41) is 4.22. The predicted octanol–water partition coefficient (Wildman–Crippen LogP) is 3.36. The molecule has 0 radical (unpaired) electrons. The first-order valence-electron chi connectivity index (χ1n) is 10.4. The standard InChI is InChI=1S/C24H27N3O3/c1-4-25-20(22(28)30-5-2)14-24(18-15-26-19-12-8-6-10-16(18)19)17-11-7-9-13-21(17)27(3)23(24)29/h6-13,15,20,25-26H,4-5,14H2,1-3H3/t20?,24-/m1/s1. The maximum atomic E-state index is 13.9. The van der Waals surface area contributed by atoms with Crippen LogP contribution in [0.5, 0.6) is 0 Å². The van der Waals surface area contributed by atoms with Crippen molar-refractivity contribution >= 4 is 28.5 Å². The van der Waals surface area contributed by atoms with Crippen molar-refractivity contribution in [1.82, 2.24) is 10.3 Å². The lowest BCUT2D eigenvalue weighted by molar-refractivity contribution is -0.146. The van der Waals surface area contributed by atoms with Crippen molar-refractivity contribution in [2.45, 2.75) is 31.7 Å². The van der Waals surface area contributed by atoms with Gasteiger partial charge in [0.25, 0.3) is 0 Å². The summed E-state index contributed by atoms with van der Waals surface area (Å²) < 4.78 is 5.33. The summed E-state index contributed by atoms with van der Waals surface area (Å²) in [6, 6.07) is 15.2. The number of carbonyl (C=O) groups excluding carboxylic acids is 2. The average Bonchev–Trinajstić information content (AvgIpc) is 3.28. The Hall–Kier alpha value is -3.12. The van der Waals surface area contributed by atoms with Gasteiger partial charge in [0.2, 0.25) is 5.91 Å². The van der Waals surface area contributed by atoms with Crippen molar-refractivity contribution in [3.05, 3.63) is 65.9 Å². The van der Waals surface area contributed by atoms with Crippen molar-refractivity contribution in [1.29, 1.82) is 0 Å². The van der Waals surface area contributed by atoms with Gasteiger partial charge in [0, 0.05) is 29.8 Å². The van der Waals surface area contributed by atoms with Crippen LogP contribution in [0.1, 0.15) is 31.4 Å². The summed E-state index contributed by atoms with van der Waals surface area (Å²) in [6.07, 6.45) is 2.19. The van der Waals surface area contributed by atoms with Gasteiger partial charge in [-0.15, -0.1) is 0 Å². The minimum atomic E-state index is -0.995. The molecule has 2 aromatic carbocycles. The molecule has 30 heavy (non-hydrogen) atoms. The molecule has 1 unspecified atom stereocenters. The predicted molar refractivity (Wildman–Crippen MR) is 118 cm³/mol. The van der Waals surface area contributed by atoms with E-state index in [9.17, 15) is 9.59 Å². The molecule has 2 atom stereocenters. The molecule has 3 aromatic rings. The lowest BCUT2D eigenvalue weighted by atomic mass is 9.71. The topological polar surface area (TPSA) is 74.4 Å². The third-order valence-electron chi connectivity index (χ3n) is 5.98. The second-order valence-electron chi connectivity index (χ2n) is 7.60. The van der Waals surface area contributed by atoms with Gasteiger partial charge in [-0.1, -0.05) is 43.3 Å². The number of aromatic nitrogens is 1. The number of rotatable bonds is 7. The molecule has 1 aliphatic rings. The highest BCUT2D eigenvalue weighted by Gasteiger charge is 2.53. The SMILES string of the molecule is CCNC(C[C@@]1(c2c[nH]c3ccccc23)C(=O)N(C)c2ccccc21)C(=O)OCC. The van der Waals surface area contributed by atoms with E-state index in [1.807, 2.05) is 61.7 Å². The van der Waals surface area contributed by atoms with Crippen LogP contribution in [-0.4, -0.2) is 43.1 Å². The van der Waals surface area contributed by atoms with Gasteiger partial charge in [-0.3, -0.25) is 9.59 Å². The monoisotopic (exact) mass is 405 g/mol. The molecule has 0 saturated carbocycles. The molecule has 1 aliphatic heterocycles. The highest BCUT2D eigenvalue weighted by Crippen LogP contribution is 2.50. The fourth-order valence-electron chi connectivity index (χ4n) is 4.66. The van der Waals surface area contributed by atoms with Gasteiger partial charge in [0.1, 0.15) is 11.5 Å². The number of ether oxygens (including phenoxy) is 1. The maximum absolute atomic E-state index is 13.9. The van der Waals surface area contributed by atoms with Gasteiger partial charge < -0.3 is 19.9 Å². The molecule has 0 aliphatic carbocycles. The normalized spacial score (nSPS) is 19.2. The van der Waals surface area contributed by atoms with Crippen molar-refractivity contribution in [2.24, 2.45) is 0 Å². The number of amides is 1. The molecule has 1 aromatic heterocycles. The third-order valence-corrected chi connectivity index (χ3v) is 5.98. The summed E-state index contributed by atoms with van der Waals surface area (Å²) in [6.45, 7) is 4.63. The van der Waals surface area contributed by atoms with Crippen LogP contribution in [-0.2, 0) is 19.7 Å². The van der Waals surface area contributed by atoms with Crippen LogP contribution in [0, 0.1) is 0 Å². The smallest absolute Gasteiger partial charge is 0.323 e. The van der Waals surface area contributed by atoms with E-state index in [1.165, 1.54) is 0 Å². The second kappa shape index (κ2) is 7.95. The summed E-state index contributed by atoms with van der Waals surface area (Å²) >= 11 is 0. The first kappa shape index (κ1) is 20.2. The molecule has 6 nitrogen and oxygen atoms in total. The number of hydrogen-bond donors (Lipinski definition) is 2. The van der Waals surface area contributed by atoms with Crippen molar-refractivity contribution in [2.75, 3.05) is 25.1 Å². The van der Waals surface area contributed by atoms with Crippen molar-refractivity contribution in [3.63, 3.8) is 0 Å². The molecule has 0 bridgehead atoms. The van der Waals surface area contributed by atoms with Crippen molar-refractivity contribution in [3.8, 4) is 0 Å². The number of anilines is 1. The summed E-state index contributed by atoms with van der Waals surface area (Å²) in [5.41, 5.74) is 2.63. The van der Waals surface area contributed by atoms with Crippen LogP contribution in [0.3, 0.4) is 0 Å². The highest BCUT2D eigenvalue weighted by atomic mass is 16.5. The number of benzene rings is 2. The van der Waals surface area contributed by atoms with Gasteiger partial charge in [-0.25, -0.2) is 0 Å². The van der Waals surface area contributed by atoms with Crippen LogP contribution >= 0.6 is 0 Å². The first-order valence-corrected chi connectivity index (χ1v) is 10.4. The molecular formula is C24H27N3O3. The zero-order valence-corrected chi connectivity index (χ0v) is 17.6. The Bertz CT molecular complexity index is 1090. The average molecular weight is 405 g/mol. The minimum absolute atomic E-state index is 0.0411. The number of esters is 1. The van der Waals surface area contributed by atoms with E-state index in [4.69, 9.17) is 4.74 Å². The molecule has 0 fully saturated rings. The number of nitrogens with one attached hydrogen (secondary N) is 2. The Kier molecular flexibility index (Phi) is 5.35. The fourth-order valence-corrected chi connectivity index (χ4v) is 4.66. The Morgan fingerprint density at radius 2 is 1.87 bits per heavy atom. The Labute approximate surface area is 176 Å². The molecular weight excluding hydrogens is 378 g/mol. The zero-order chi connectivity index (χ0) is 21.3. The van der Waals surface area contributed by atoms with E-state index in [-0.39, 0.29) is 18.3 Å². The van der Waals surface area contributed by atoms with Gasteiger partial charge in [0.15, 0.2) is 0 Å². The van der Waals surface area contributed by atoms with E-state index in [2.05, 4.69) is 10.3 Å². The molecule has 6 heteroatoms. The van der Waals surface area contributed by atoms with E-state index in [0.717, 1.165) is 27.7 Å².